The number of nitrogens with two attached hydrogens (primary N) is 1. The van der Waals surface area contributed by atoms with Crippen LogP contribution in [0, 0.1) is 13.8 Å². The first-order valence-corrected chi connectivity index (χ1v) is 7.59. The molecule has 5 nitrogen and oxygen atoms in total. The summed E-state index contributed by atoms with van der Waals surface area (Å²) in [5.41, 5.74) is 7.63. The molecule has 6 heteroatoms. The van der Waals surface area contributed by atoms with Crippen LogP contribution in [0.5, 0.6) is 5.75 Å². The molecule has 0 bridgehead atoms. The Morgan fingerprint density at radius 3 is 2.48 bits per heavy atom. The van der Waals surface area contributed by atoms with Gasteiger partial charge in [0.2, 0.25) is 0 Å². The summed E-state index contributed by atoms with van der Waals surface area (Å²) < 4.78 is 15.9. The molecule has 0 saturated carbocycles. The SMILES string of the molecule is COC(=O)C(N)Cc1ccc(COc2cc(C)c(Cl)c(C)c2)o1. The highest BCUT2D eigenvalue weighted by Gasteiger charge is 2.16. The van der Waals surface area contributed by atoms with Gasteiger partial charge in [0.15, 0.2) is 0 Å². The normalized spacial score (nSPS) is 12.0. The van der Waals surface area contributed by atoms with Gasteiger partial charge < -0.3 is 19.6 Å². The van der Waals surface area contributed by atoms with Crippen molar-refractivity contribution in [2.45, 2.75) is 32.9 Å². The van der Waals surface area contributed by atoms with Crippen LogP contribution in [-0.2, 0) is 22.6 Å². The number of halogens is 1. The molecule has 23 heavy (non-hydrogen) atoms. The molecule has 2 N–H and O–H groups in total. The molecule has 2 aromatic rings. The molecule has 0 aliphatic heterocycles. The molecule has 1 heterocycles. The summed E-state index contributed by atoms with van der Waals surface area (Å²) in [6.45, 7) is 4.15. The number of esters is 1. The lowest BCUT2D eigenvalue weighted by atomic mass is 10.1. The Morgan fingerprint density at radius 2 is 1.87 bits per heavy atom. The van der Waals surface area contributed by atoms with Crippen molar-refractivity contribution in [3.8, 4) is 5.75 Å². The highest BCUT2D eigenvalue weighted by molar-refractivity contribution is 6.32. The fourth-order valence-corrected chi connectivity index (χ4v) is 2.31. The Labute approximate surface area is 140 Å². The number of hydrogen-bond acceptors (Lipinski definition) is 5. The zero-order chi connectivity index (χ0) is 17.0. The monoisotopic (exact) mass is 337 g/mol. The van der Waals surface area contributed by atoms with E-state index in [2.05, 4.69) is 4.74 Å². The predicted molar refractivity (Wildman–Crippen MR) is 87.7 cm³/mol. The van der Waals surface area contributed by atoms with Crippen LogP contribution in [0.15, 0.2) is 28.7 Å². The van der Waals surface area contributed by atoms with Gasteiger partial charge in [0.1, 0.15) is 29.9 Å². The van der Waals surface area contributed by atoms with Crippen LogP contribution in [0.4, 0.5) is 0 Å². The van der Waals surface area contributed by atoms with Crippen molar-refractivity contribution < 1.29 is 18.7 Å². The summed E-state index contributed by atoms with van der Waals surface area (Å²) in [7, 11) is 1.31. The molecule has 0 aliphatic rings. The van der Waals surface area contributed by atoms with Gasteiger partial charge in [-0.25, -0.2) is 0 Å². The summed E-state index contributed by atoms with van der Waals surface area (Å²) in [4.78, 5) is 11.3. The first-order valence-electron chi connectivity index (χ1n) is 7.21. The van der Waals surface area contributed by atoms with E-state index in [1.807, 2.05) is 26.0 Å². The Balaban J connectivity index is 1.96. The van der Waals surface area contributed by atoms with Gasteiger partial charge in [-0.2, -0.15) is 0 Å². The lowest BCUT2D eigenvalue weighted by Crippen LogP contribution is -2.33. The number of ether oxygens (including phenoxy) is 2. The Kier molecular flexibility index (Phi) is 5.69. The first-order chi connectivity index (χ1) is 10.9. The van der Waals surface area contributed by atoms with E-state index in [1.54, 1.807) is 12.1 Å². The maximum absolute atomic E-state index is 11.3. The summed E-state index contributed by atoms with van der Waals surface area (Å²) in [6.07, 6.45) is 0.284. The molecule has 0 aliphatic carbocycles. The molecule has 0 radical (unpaired) electrons. The maximum atomic E-state index is 11.3. The number of aryl methyl sites for hydroxylation is 2. The van der Waals surface area contributed by atoms with E-state index in [9.17, 15) is 4.79 Å². The average molecular weight is 338 g/mol. The van der Waals surface area contributed by atoms with Crippen LogP contribution in [0.25, 0.3) is 0 Å². The van der Waals surface area contributed by atoms with Crippen molar-refractivity contribution >= 4 is 17.6 Å². The fraction of sp³-hybridized carbons (Fsp3) is 0.353. The quantitative estimate of drug-likeness (QED) is 0.819. The molecule has 0 spiro atoms. The first kappa shape index (κ1) is 17.4. The Hall–Kier alpha value is -1.98. The van der Waals surface area contributed by atoms with Gasteiger partial charge in [0.05, 0.1) is 7.11 Å². The zero-order valence-corrected chi connectivity index (χ0v) is 14.1. The van der Waals surface area contributed by atoms with E-state index in [-0.39, 0.29) is 13.0 Å². The number of furan rings is 1. The zero-order valence-electron chi connectivity index (χ0n) is 13.4. The summed E-state index contributed by atoms with van der Waals surface area (Å²) in [5.74, 6) is 1.53. The third-order valence-corrected chi connectivity index (χ3v) is 4.03. The molecule has 0 amide bonds. The standard InChI is InChI=1S/C17H20ClNO4/c1-10-6-14(7-11(2)16(10)18)22-9-13-5-4-12(23-13)8-15(19)17(20)21-3/h4-7,15H,8-9,19H2,1-3H3. The van der Waals surface area contributed by atoms with Gasteiger partial charge in [-0.15, -0.1) is 0 Å². The minimum atomic E-state index is -0.735. The van der Waals surface area contributed by atoms with Crippen molar-refractivity contribution in [3.05, 3.63) is 51.9 Å². The summed E-state index contributed by atoms with van der Waals surface area (Å²) in [6, 6.07) is 6.61. The number of carbonyl (C=O) groups is 1. The number of rotatable bonds is 6. The van der Waals surface area contributed by atoms with Crippen LogP contribution in [0.1, 0.15) is 22.6 Å². The van der Waals surface area contributed by atoms with Crippen LogP contribution < -0.4 is 10.5 Å². The lowest BCUT2D eigenvalue weighted by Gasteiger charge is -2.09. The number of methoxy groups -OCH3 is 1. The van der Waals surface area contributed by atoms with Crippen LogP contribution in [0.2, 0.25) is 5.02 Å². The second-order valence-electron chi connectivity index (χ2n) is 5.36. The lowest BCUT2D eigenvalue weighted by molar-refractivity contribution is -0.142. The highest BCUT2D eigenvalue weighted by Crippen LogP contribution is 2.26. The van der Waals surface area contributed by atoms with Crippen LogP contribution in [-0.4, -0.2) is 19.1 Å². The molecule has 2 rings (SSSR count). The third kappa shape index (κ3) is 4.50. The van der Waals surface area contributed by atoms with E-state index in [0.717, 1.165) is 21.9 Å². The van der Waals surface area contributed by atoms with E-state index in [0.29, 0.717) is 11.5 Å². The van der Waals surface area contributed by atoms with Gasteiger partial charge in [-0.1, -0.05) is 11.6 Å². The van der Waals surface area contributed by atoms with Gasteiger partial charge in [-0.3, -0.25) is 4.79 Å². The van der Waals surface area contributed by atoms with E-state index < -0.39 is 12.0 Å². The molecule has 124 valence electrons. The molecule has 1 aromatic carbocycles. The fourth-order valence-electron chi connectivity index (χ4n) is 2.21. The highest BCUT2D eigenvalue weighted by atomic mass is 35.5. The van der Waals surface area contributed by atoms with Crippen molar-refractivity contribution in [1.82, 2.24) is 0 Å². The molecule has 1 unspecified atom stereocenters. The minimum Gasteiger partial charge on any atom is -0.486 e. The molecule has 0 fully saturated rings. The van der Waals surface area contributed by atoms with Gasteiger partial charge in [0.25, 0.3) is 0 Å². The Morgan fingerprint density at radius 1 is 1.26 bits per heavy atom. The topological polar surface area (TPSA) is 74.7 Å². The predicted octanol–water partition coefficient (Wildman–Crippen LogP) is 3.17. The van der Waals surface area contributed by atoms with E-state index in [4.69, 9.17) is 26.5 Å². The molecule has 1 atom stereocenters. The number of benzene rings is 1. The van der Waals surface area contributed by atoms with Gasteiger partial charge in [-0.05, 0) is 49.2 Å². The second kappa shape index (κ2) is 7.53. The van der Waals surface area contributed by atoms with Crippen molar-refractivity contribution in [1.29, 1.82) is 0 Å². The second-order valence-corrected chi connectivity index (χ2v) is 5.74. The average Bonchev–Trinajstić information content (AvgIpc) is 2.97. The van der Waals surface area contributed by atoms with Crippen molar-refractivity contribution in [2.75, 3.05) is 7.11 Å². The number of hydrogen-bond donors (Lipinski definition) is 1. The molecule has 1 aromatic heterocycles. The van der Waals surface area contributed by atoms with Gasteiger partial charge >= 0.3 is 5.97 Å². The maximum Gasteiger partial charge on any atom is 0.323 e. The van der Waals surface area contributed by atoms with Gasteiger partial charge in [0, 0.05) is 11.4 Å². The summed E-state index contributed by atoms with van der Waals surface area (Å²) >= 11 is 6.13. The minimum absolute atomic E-state index is 0.284. The third-order valence-electron chi connectivity index (χ3n) is 3.43. The van der Waals surface area contributed by atoms with Crippen LogP contribution >= 0.6 is 11.6 Å². The Bertz CT molecular complexity index is 673. The molecular weight excluding hydrogens is 318 g/mol. The van der Waals surface area contributed by atoms with E-state index in [1.165, 1.54) is 7.11 Å². The smallest absolute Gasteiger partial charge is 0.323 e. The van der Waals surface area contributed by atoms with Crippen LogP contribution in [0.3, 0.4) is 0 Å². The van der Waals surface area contributed by atoms with Crippen molar-refractivity contribution in [3.63, 3.8) is 0 Å². The summed E-state index contributed by atoms with van der Waals surface area (Å²) in [5, 5.41) is 0.745. The van der Waals surface area contributed by atoms with Crippen molar-refractivity contribution in [2.24, 2.45) is 5.73 Å². The number of carbonyl (C=O) groups excluding carboxylic acids is 1. The molecular formula is C17H20ClNO4. The molecule has 0 saturated heterocycles. The largest absolute Gasteiger partial charge is 0.486 e. The van der Waals surface area contributed by atoms with E-state index >= 15 is 0 Å².